The van der Waals surface area contributed by atoms with Gasteiger partial charge in [0.2, 0.25) is 0 Å². The van der Waals surface area contributed by atoms with Crippen LogP contribution in [0, 0.1) is 5.92 Å². The molecule has 27 heavy (non-hydrogen) atoms. The van der Waals surface area contributed by atoms with E-state index < -0.39 is 0 Å². The van der Waals surface area contributed by atoms with Gasteiger partial charge in [0.15, 0.2) is 0 Å². The van der Waals surface area contributed by atoms with Gasteiger partial charge >= 0.3 is 0 Å². The molecule has 0 saturated carbocycles. The lowest BCUT2D eigenvalue weighted by Crippen LogP contribution is -2.37. The zero-order chi connectivity index (χ0) is 19.6. The molecule has 0 spiro atoms. The first-order chi connectivity index (χ1) is 12.7. The average Bonchev–Trinajstić information content (AvgIpc) is 2.63. The highest BCUT2D eigenvalue weighted by Gasteiger charge is 2.22. The highest BCUT2D eigenvalue weighted by atomic mass is 16.1. The van der Waals surface area contributed by atoms with Gasteiger partial charge in [-0.3, -0.25) is 9.36 Å². The Hall–Kier alpha value is -2.44. The number of anilines is 2. The summed E-state index contributed by atoms with van der Waals surface area (Å²) in [4.78, 5) is 29.9. The number of rotatable bonds is 4. The van der Waals surface area contributed by atoms with Crippen LogP contribution in [0.3, 0.4) is 0 Å². The fraction of sp³-hybridized carbons (Fsp3) is 0.600. The van der Waals surface area contributed by atoms with Gasteiger partial charge in [-0.25, -0.2) is 15.0 Å². The number of hydrogen-bond donors (Lipinski definition) is 0. The van der Waals surface area contributed by atoms with Crippen LogP contribution < -0.4 is 15.4 Å². The lowest BCUT2D eigenvalue weighted by Gasteiger charge is -2.33. The summed E-state index contributed by atoms with van der Waals surface area (Å²) < 4.78 is 1.75. The largest absolute Gasteiger partial charge is 0.363 e. The number of hydrogen-bond acceptors (Lipinski definition) is 6. The Morgan fingerprint density at radius 1 is 1.11 bits per heavy atom. The molecule has 1 fully saturated rings. The van der Waals surface area contributed by atoms with Crippen molar-refractivity contribution >= 4 is 11.6 Å². The van der Waals surface area contributed by atoms with E-state index in [0.29, 0.717) is 5.92 Å². The number of aromatic nitrogens is 4. The third-order valence-corrected chi connectivity index (χ3v) is 5.14. The Morgan fingerprint density at radius 3 is 2.41 bits per heavy atom. The lowest BCUT2D eigenvalue weighted by molar-refractivity contribution is 0.349. The first-order valence-corrected chi connectivity index (χ1v) is 9.55. The summed E-state index contributed by atoms with van der Waals surface area (Å²) >= 11 is 0. The molecule has 2 aromatic rings. The van der Waals surface area contributed by atoms with Crippen LogP contribution in [0.5, 0.6) is 0 Å². The predicted octanol–water partition coefficient (Wildman–Crippen LogP) is 2.31. The Kier molecular flexibility index (Phi) is 5.48. The quantitative estimate of drug-likeness (QED) is 0.823. The maximum Gasteiger partial charge on any atom is 0.253 e. The van der Waals surface area contributed by atoms with Gasteiger partial charge < -0.3 is 9.80 Å². The van der Waals surface area contributed by atoms with Crippen molar-refractivity contribution in [2.75, 3.05) is 37.0 Å². The highest BCUT2D eigenvalue weighted by Crippen LogP contribution is 2.24. The molecule has 3 heterocycles. The van der Waals surface area contributed by atoms with E-state index in [2.05, 4.69) is 40.6 Å². The summed E-state index contributed by atoms with van der Waals surface area (Å²) in [6, 6.07) is 3.71. The lowest BCUT2D eigenvalue weighted by atomic mass is 9.92. The Labute approximate surface area is 161 Å². The van der Waals surface area contributed by atoms with E-state index in [4.69, 9.17) is 0 Å². The molecule has 1 aliphatic heterocycles. The van der Waals surface area contributed by atoms with Crippen molar-refractivity contribution in [3.05, 3.63) is 40.8 Å². The number of piperidine rings is 1. The SMILES string of the molecule is CN(C)c1cc(N2CCC(Cn3cnc(C(C)(C)C)cc3=O)CC2)ncn1. The fourth-order valence-electron chi connectivity index (χ4n) is 3.35. The van der Waals surface area contributed by atoms with Crippen molar-refractivity contribution in [1.82, 2.24) is 19.5 Å². The third kappa shape index (κ3) is 4.64. The van der Waals surface area contributed by atoms with Crippen LogP contribution in [0.2, 0.25) is 0 Å². The van der Waals surface area contributed by atoms with Gasteiger partial charge in [0, 0.05) is 51.3 Å². The molecule has 0 unspecified atom stereocenters. The van der Waals surface area contributed by atoms with Crippen molar-refractivity contribution in [2.24, 2.45) is 5.92 Å². The molecule has 0 aliphatic carbocycles. The topological polar surface area (TPSA) is 67.2 Å². The van der Waals surface area contributed by atoms with E-state index >= 15 is 0 Å². The standard InChI is InChI=1S/C20H30N6O/c1-20(2,3)16-10-19(27)26(14-23-16)12-15-6-8-25(9-7-15)18-11-17(24(4)5)21-13-22-18/h10-11,13-15H,6-9,12H2,1-5H3. The van der Waals surface area contributed by atoms with Crippen LogP contribution in [0.1, 0.15) is 39.3 Å². The predicted molar refractivity (Wildman–Crippen MR) is 108 cm³/mol. The van der Waals surface area contributed by atoms with Crippen molar-refractivity contribution < 1.29 is 0 Å². The van der Waals surface area contributed by atoms with Gasteiger partial charge in [-0.2, -0.15) is 0 Å². The molecule has 1 saturated heterocycles. The summed E-state index contributed by atoms with van der Waals surface area (Å²) in [5.74, 6) is 2.37. The normalized spacial score (nSPS) is 15.8. The number of nitrogens with zero attached hydrogens (tertiary/aromatic N) is 6. The van der Waals surface area contributed by atoms with E-state index in [9.17, 15) is 4.79 Å². The maximum absolute atomic E-state index is 12.4. The van der Waals surface area contributed by atoms with Crippen LogP contribution >= 0.6 is 0 Å². The second kappa shape index (κ2) is 7.66. The summed E-state index contributed by atoms with van der Waals surface area (Å²) in [6.45, 7) is 8.83. The fourth-order valence-corrected chi connectivity index (χ4v) is 3.35. The molecule has 7 nitrogen and oxygen atoms in total. The smallest absolute Gasteiger partial charge is 0.253 e. The zero-order valence-corrected chi connectivity index (χ0v) is 17.0. The van der Waals surface area contributed by atoms with Crippen molar-refractivity contribution in [1.29, 1.82) is 0 Å². The van der Waals surface area contributed by atoms with Crippen molar-refractivity contribution in [2.45, 2.75) is 45.6 Å². The molecular formula is C20H30N6O. The molecule has 0 bridgehead atoms. The van der Waals surface area contributed by atoms with Crippen LogP contribution in [0.4, 0.5) is 11.6 Å². The summed E-state index contributed by atoms with van der Waals surface area (Å²) in [6.07, 6.45) is 5.41. The summed E-state index contributed by atoms with van der Waals surface area (Å²) in [7, 11) is 3.96. The molecule has 2 aromatic heterocycles. The van der Waals surface area contributed by atoms with E-state index in [-0.39, 0.29) is 11.0 Å². The minimum absolute atomic E-state index is 0.0452. The van der Waals surface area contributed by atoms with Crippen molar-refractivity contribution in [3.8, 4) is 0 Å². The molecule has 0 N–H and O–H groups in total. The van der Waals surface area contributed by atoms with Crippen LogP contribution in [0.25, 0.3) is 0 Å². The Bertz CT molecular complexity index is 831. The van der Waals surface area contributed by atoms with Crippen LogP contribution in [-0.4, -0.2) is 46.7 Å². The second-order valence-corrected chi connectivity index (χ2v) is 8.57. The second-order valence-electron chi connectivity index (χ2n) is 8.57. The van der Waals surface area contributed by atoms with E-state index in [0.717, 1.165) is 49.8 Å². The Morgan fingerprint density at radius 2 is 1.81 bits per heavy atom. The van der Waals surface area contributed by atoms with Gasteiger partial charge in [-0.05, 0) is 18.8 Å². The third-order valence-electron chi connectivity index (χ3n) is 5.14. The molecule has 0 amide bonds. The van der Waals surface area contributed by atoms with Gasteiger partial charge in [-0.1, -0.05) is 20.8 Å². The molecule has 0 atom stereocenters. The van der Waals surface area contributed by atoms with Gasteiger partial charge in [-0.15, -0.1) is 0 Å². The van der Waals surface area contributed by atoms with Crippen LogP contribution in [0.15, 0.2) is 29.6 Å². The zero-order valence-electron chi connectivity index (χ0n) is 17.0. The van der Waals surface area contributed by atoms with E-state index in [1.54, 1.807) is 23.3 Å². The van der Waals surface area contributed by atoms with Gasteiger partial charge in [0.05, 0.1) is 12.0 Å². The van der Waals surface area contributed by atoms with E-state index in [1.165, 1.54) is 0 Å². The van der Waals surface area contributed by atoms with Gasteiger partial charge in [0.1, 0.15) is 18.0 Å². The summed E-state index contributed by atoms with van der Waals surface area (Å²) in [5.41, 5.74) is 0.787. The Balaban J connectivity index is 1.62. The highest BCUT2D eigenvalue weighted by molar-refractivity contribution is 5.49. The van der Waals surface area contributed by atoms with Crippen molar-refractivity contribution in [3.63, 3.8) is 0 Å². The first-order valence-electron chi connectivity index (χ1n) is 9.55. The molecule has 7 heteroatoms. The molecule has 0 aromatic carbocycles. The minimum Gasteiger partial charge on any atom is -0.363 e. The summed E-state index contributed by atoms with van der Waals surface area (Å²) in [5, 5.41) is 0. The van der Waals surface area contributed by atoms with E-state index in [1.807, 2.05) is 25.1 Å². The minimum atomic E-state index is -0.105. The van der Waals surface area contributed by atoms with Crippen LogP contribution in [-0.2, 0) is 12.0 Å². The maximum atomic E-state index is 12.4. The first kappa shape index (κ1) is 19.3. The molecule has 1 aliphatic rings. The monoisotopic (exact) mass is 370 g/mol. The molecule has 3 rings (SSSR count). The van der Waals surface area contributed by atoms with Gasteiger partial charge in [0.25, 0.3) is 5.56 Å². The molecular weight excluding hydrogens is 340 g/mol. The average molecular weight is 371 g/mol. The molecule has 146 valence electrons. The molecule has 0 radical (unpaired) electrons.